The number of fused-ring (bicyclic) bond motifs is 1. The van der Waals surface area contributed by atoms with Gasteiger partial charge in [0.1, 0.15) is 6.04 Å². The van der Waals surface area contributed by atoms with Crippen LogP contribution in [0.5, 0.6) is 0 Å². The molecule has 1 heterocycles. The number of anilines is 1. The van der Waals surface area contributed by atoms with Crippen LogP contribution in [0.15, 0.2) is 42.5 Å². The van der Waals surface area contributed by atoms with E-state index in [1.807, 2.05) is 29.2 Å². The summed E-state index contributed by atoms with van der Waals surface area (Å²) in [6.07, 6.45) is 1.35. The Labute approximate surface area is 167 Å². The van der Waals surface area contributed by atoms with Crippen molar-refractivity contribution in [3.05, 3.63) is 64.7 Å². The Morgan fingerprint density at radius 1 is 1.14 bits per heavy atom. The van der Waals surface area contributed by atoms with Crippen LogP contribution in [0.4, 0.5) is 5.69 Å². The molecule has 1 aliphatic rings. The van der Waals surface area contributed by atoms with Crippen molar-refractivity contribution < 1.29 is 9.59 Å². The third kappa shape index (κ3) is 4.09. The normalized spacial score (nSPS) is 17.6. The standard InChI is InChI=1S/C23H29N3O2/c1-15-8-7-9-16(2)19(15)14-26-21-11-6-5-10-18(21)12-13-20(23(26)28)25-22(27)17(3)24-4/h5-11,17,20,24H,12-14H2,1-4H3,(H,25,27)/t17-,20?/m0/s1. The first-order valence-electron chi connectivity index (χ1n) is 9.84. The highest BCUT2D eigenvalue weighted by atomic mass is 16.2. The monoisotopic (exact) mass is 379 g/mol. The molecule has 5 heteroatoms. The number of hydrogen-bond donors (Lipinski definition) is 2. The second-order valence-corrected chi connectivity index (χ2v) is 7.53. The molecule has 28 heavy (non-hydrogen) atoms. The lowest BCUT2D eigenvalue weighted by Crippen LogP contribution is -2.52. The predicted molar refractivity (Wildman–Crippen MR) is 112 cm³/mol. The first-order chi connectivity index (χ1) is 13.4. The maximum atomic E-state index is 13.5. The number of carbonyl (C=O) groups excluding carboxylic acids is 2. The van der Waals surface area contributed by atoms with Gasteiger partial charge < -0.3 is 15.5 Å². The Bertz CT molecular complexity index is 858. The van der Waals surface area contributed by atoms with E-state index in [1.165, 1.54) is 11.1 Å². The van der Waals surface area contributed by atoms with Gasteiger partial charge in [-0.1, -0.05) is 36.4 Å². The van der Waals surface area contributed by atoms with Crippen molar-refractivity contribution in [2.75, 3.05) is 11.9 Å². The maximum absolute atomic E-state index is 13.5. The molecule has 3 rings (SSSR count). The highest BCUT2D eigenvalue weighted by Crippen LogP contribution is 2.29. The number of likely N-dealkylation sites (N-methyl/N-ethyl adjacent to an activating group) is 1. The molecule has 0 saturated carbocycles. The van der Waals surface area contributed by atoms with E-state index in [2.05, 4.69) is 42.7 Å². The molecular formula is C23H29N3O2. The number of amides is 2. The number of rotatable bonds is 5. The second-order valence-electron chi connectivity index (χ2n) is 7.53. The number of aryl methyl sites for hydroxylation is 3. The van der Waals surface area contributed by atoms with Gasteiger partial charge in [-0.15, -0.1) is 0 Å². The van der Waals surface area contributed by atoms with E-state index in [0.717, 1.165) is 23.2 Å². The molecule has 0 saturated heterocycles. The molecule has 0 aliphatic carbocycles. The van der Waals surface area contributed by atoms with E-state index in [4.69, 9.17) is 0 Å². The van der Waals surface area contributed by atoms with Crippen molar-refractivity contribution in [1.82, 2.24) is 10.6 Å². The van der Waals surface area contributed by atoms with Crippen molar-refractivity contribution in [3.8, 4) is 0 Å². The van der Waals surface area contributed by atoms with Crippen LogP contribution >= 0.6 is 0 Å². The van der Waals surface area contributed by atoms with Crippen LogP contribution in [0.25, 0.3) is 0 Å². The maximum Gasteiger partial charge on any atom is 0.249 e. The number of nitrogens with one attached hydrogen (secondary N) is 2. The molecule has 2 aromatic carbocycles. The average Bonchev–Trinajstić information content (AvgIpc) is 2.82. The molecule has 0 bridgehead atoms. The fourth-order valence-corrected chi connectivity index (χ4v) is 3.70. The molecule has 2 atom stereocenters. The number of benzene rings is 2. The highest BCUT2D eigenvalue weighted by Gasteiger charge is 2.32. The second kappa shape index (κ2) is 8.57. The topological polar surface area (TPSA) is 61.4 Å². The molecule has 2 aromatic rings. The minimum atomic E-state index is -0.528. The molecule has 2 amide bonds. The lowest BCUT2D eigenvalue weighted by atomic mass is 10.0. The van der Waals surface area contributed by atoms with Crippen LogP contribution < -0.4 is 15.5 Å². The average molecular weight is 380 g/mol. The lowest BCUT2D eigenvalue weighted by molar-refractivity contribution is -0.128. The van der Waals surface area contributed by atoms with E-state index in [-0.39, 0.29) is 17.9 Å². The molecule has 1 aliphatic heterocycles. The first-order valence-corrected chi connectivity index (χ1v) is 9.84. The predicted octanol–water partition coefficient (Wildman–Crippen LogP) is 2.88. The minimum Gasteiger partial charge on any atom is -0.343 e. The molecule has 2 N–H and O–H groups in total. The van der Waals surface area contributed by atoms with E-state index < -0.39 is 6.04 Å². The summed E-state index contributed by atoms with van der Waals surface area (Å²) in [6.45, 7) is 6.44. The Hall–Kier alpha value is -2.66. The van der Waals surface area contributed by atoms with Gasteiger partial charge in [-0.3, -0.25) is 9.59 Å². The lowest BCUT2D eigenvalue weighted by Gasteiger charge is -2.28. The minimum absolute atomic E-state index is 0.0516. The Morgan fingerprint density at radius 2 is 1.82 bits per heavy atom. The number of carbonyl (C=O) groups is 2. The van der Waals surface area contributed by atoms with Gasteiger partial charge in [0.05, 0.1) is 12.6 Å². The van der Waals surface area contributed by atoms with Gasteiger partial charge in [0, 0.05) is 5.69 Å². The molecular weight excluding hydrogens is 350 g/mol. The SMILES string of the molecule is CN[C@@H](C)C(=O)NC1CCc2ccccc2N(Cc2c(C)cccc2C)C1=O. The van der Waals surface area contributed by atoms with Gasteiger partial charge in [-0.05, 0) is 69.0 Å². The van der Waals surface area contributed by atoms with Gasteiger partial charge >= 0.3 is 0 Å². The van der Waals surface area contributed by atoms with Crippen LogP contribution in [0.3, 0.4) is 0 Å². The zero-order valence-electron chi connectivity index (χ0n) is 17.1. The van der Waals surface area contributed by atoms with Gasteiger partial charge in [0.2, 0.25) is 11.8 Å². The fourth-order valence-electron chi connectivity index (χ4n) is 3.70. The summed E-state index contributed by atoms with van der Waals surface area (Å²) in [6, 6.07) is 13.4. The van der Waals surface area contributed by atoms with Gasteiger partial charge in [-0.2, -0.15) is 0 Å². The van der Waals surface area contributed by atoms with E-state index in [9.17, 15) is 9.59 Å². The summed E-state index contributed by atoms with van der Waals surface area (Å²) in [5, 5.41) is 5.88. The van der Waals surface area contributed by atoms with E-state index in [1.54, 1.807) is 14.0 Å². The summed E-state index contributed by atoms with van der Waals surface area (Å²) in [7, 11) is 1.74. The van der Waals surface area contributed by atoms with Crippen molar-refractivity contribution in [2.45, 2.75) is 52.2 Å². The van der Waals surface area contributed by atoms with Crippen molar-refractivity contribution >= 4 is 17.5 Å². The smallest absolute Gasteiger partial charge is 0.249 e. The van der Waals surface area contributed by atoms with Crippen molar-refractivity contribution in [1.29, 1.82) is 0 Å². The molecule has 0 fully saturated rings. The molecule has 0 radical (unpaired) electrons. The number of nitrogens with zero attached hydrogens (tertiary/aromatic N) is 1. The summed E-state index contributed by atoms with van der Waals surface area (Å²) in [5.74, 6) is -0.205. The molecule has 0 spiro atoms. The number of hydrogen-bond acceptors (Lipinski definition) is 3. The Morgan fingerprint density at radius 3 is 2.50 bits per heavy atom. The third-order valence-electron chi connectivity index (χ3n) is 5.65. The summed E-state index contributed by atoms with van der Waals surface area (Å²) < 4.78 is 0. The fraction of sp³-hybridized carbons (Fsp3) is 0.391. The van der Waals surface area contributed by atoms with E-state index in [0.29, 0.717) is 13.0 Å². The van der Waals surface area contributed by atoms with Gasteiger partial charge in [-0.25, -0.2) is 0 Å². The molecule has 0 aromatic heterocycles. The Balaban J connectivity index is 1.96. The number of para-hydroxylation sites is 1. The summed E-state index contributed by atoms with van der Waals surface area (Å²) in [4.78, 5) is 27.7. The summed E-state index contributed by atoms with van der Waals surface area (Å²) in [5.41, 5.74) is 5.56. The van der Waals surface area contributed by atoms with Gasteiger partial charge in [0.15, 0.2) is 0 Å². The highest BCUT2D eigenvalue weighted by molar-refractivity contribution is 6.00. The van der Waals surface area contributed by atoms with Crippen LogP contribution in [0.2, 0.25) is 0 Å². The first kappa shape index (κ1) is 20.1. The molecule has 5 nitrogen and oxygen atoms in total. The van der Waals surface area contributed by atoms with Crippen molar-refractivity contribution in [3.63, 3.8) is 0 Å². The van der Waals surface area contributed by atoms with Crippen LogP contribution in [-0.2, 0) is 22.6 Å². The quantitative estimate of drug-likeness (QED) is 0.840. The molecule has 148 valence electrons. The van der Waals surface area contributed by atoms with Crippen LogP contribution in [0, 0.1) is 13.8 Å². The van der Waals surface area contributed by atoms with E-state index >= 15 is 0 Å². The van der Waals surface area contributed by atoms with Crippen LogP contribution in [-0.4, -0.2) is 30.9 Å². The molecule has 1 unspecified atom stereocenters. The van der Waals surface area contributed by atoms with Crippen molar-refractivity contribution in [2.24, 2.45) is 0 Å². The Kier molecular flexibility index (Phi) is 6.15. The summed E-state index contributed by atoms with van der Waals surface area (Å²) >= 11 is 0. The van der Waals surface area contributed by atoms with Gasteiger partial charge in [0.25, 0.3) is 0 Å². The largest absolute Gasteiger partial charge is 0.343 e. The third-order valence-corrected chi connectivity index (χ3v) is 5.65. The zero-order valence-corrected chi connectivity index (χ0v) is 17.1. The zero-order chi connectivity index (χ0) is 20.3. The van der Waals surface area contributed by atoms with Crippen LogP contribution in [0.1, 0.15) is 35.6 Å².